The maximum absolute atomic E-state index is 13.6. The highest BCUT2D eigenvalue weighted by Crippen LogP contribution is 2.28. The Morgan fingerprint density at radius 2 is 1.74 bits per heavy atom. The lowest BCUT2D eigenvalue weighted by Gasteiger charge is -2.24. The van der Waals surface area contributed by atoms with Gasteiger partial charge in [0.05, 0.1) is 27.4 Å². The first-order valence-corrected chi connectivity index (χ1v) is 13.0. The first-order chi connectivity index (χ1) is 18.5. The van der Waals surface area contributed by atoms with Crippen molar-refractivity contribution in [2.45, 2.75) is 12.6 Å². The highest BCUT2D eigenvalue weighted by molar-refractivity contribution is 6.42. The summed E-state index contributed by atoms with van der Waals surface area (Å²) in [5, 5.41) is 3.72. The number of nitrogens with two attached hydrogens (primary N) is 1. The van der Waals surface area contributed by atoms with Crippen LogP contribution in [0.3, 0.4) is 0 Å². The van der Waals surface area contributed by atoms with Crippen LogP contribution in [0.2, 0.25) is 10.0 Å². The molecule has 39 heavy (non-hydrogen) atoms. The van der Waals surface area contributed by atoms with E-state index in [1.54, 1.807) is 43.4 Å². The molecule has 3 N–H and O–H groups in total. The Bertz CT molecular complexity index is 1440. The maximum atomic E-state index is 13.6. The van der Waals surface area contributed by atoms with Gasteiger partial charge in [-0.1, -0.05) is 59.6 Å². The second kappa shape index (κ2) is 12.0. The topological polar surface area (TPSA) is 108 Å². The van der Waals surface area contributed by atoms with Crippen molar-refractivity contribution in [3.8, 4) is 0 Å². The third-order valence-electron chi connectivity index (χ3n) is 6.49. The van der Waals surface area contributed by atoms with Gasteiger partial charge >= 0.3 is 0 Å². The molecule has 1 aliphatic heterocycles. The monoisotopic (exact) mass is 565 g/mol. The van der Waals surface area contributed by atoms with Gasteiger partial charge < -0.3 is 20.9 Å². The van der Waals surface area contributed by atoms with Crippen LogP contribution in [0.4, 0.5) is 5.69 Å². The minimum absolute atomic E-state index is 0.320. The number of hydrogen-bond donors (Lipinski definition) is 2. The summed E-state index contributed by atoms with van der Waals surface area (Å²) in [5.41, 5.74) is 9.17. The minimum Gasteiger partial charge on any atom is -0.366 e. The second-order valence-corrected chi connectivity index (χ2v) is 10.5. The second-order valence-electron chi connectivity index (χ2n) is 9.66. The van der Waals surface area contributed by atoms with Crippen molar-refractivity contribution in [3.63, 3.8) is 0 Å². The van der Waals surface area contributed by atoms with Gasteiger partial charge in [-0.15, -0.1) is 0 Å². The molecule has 0 radical (unpaired) electrons. The number of carbonyl (C=O) groups is 3. The Morgan fingerprint density at radius 3 is 2.38 bits per heavy atom. The summed E-state index contributed by atoms with van der Waals surface area (Å²) < 4.78 is 0. The lowest BCUT2D eigenvalue weighted by atomic mass is 9.97. The molecule has 1 aliphatic rings. The van der Waals surface area contributed by atoms with Crippen LogP contribution in [0.15, 0.2) is 71.7 Å². The first kappa shape index (κ1) is 28.3. The number of benzene rings is 3. The van der Waals surface area contributed by atoms with E-state index in [2.05, 4.69) is 5.32 Å². The average molecular weight is 566 g/mol. The summed E-state index contributed by atoms with van der Waals surface area (Å²) in [7, 11) is 5.41. The molecule has 8 nitrogen and oxygen atoms in total. The largest absolute Gasteiger partial charge is 0.366 e. The average Bonchev–Trinajstić information content (AvgIpc) is 3.01. The van der Waals surface area contributed by atoms with Gasteiger partial charge in [0.1, 0.15) is 0 Å². The Kier molecular flexibility index (Phi) is 8.70. The normalized spacial score (nSPS) is 15.8. The molecule has 3 aromatic rings. The number of nitrogens with zero attached hydrogens (tertiary/aromatic N) is 3. The first-order valence-electron chi connectivity index (χ1n) is 12.3. The Labute approximate surface area is 237 Å². The van der Waals surface area contributed by atoms with Crippen molar-refractivity contribution in [1.82, 2.24) is 10.2 Å². The van der Waals surface area contributed by atoms with Crippen LogP contribution in [-0.2, 0) is 16.0 Å². The Balaban J connectivity index is 1.70. The molecule has 3 aromatic carbocycles. The van der Waals surface area contributed by atoms with Crippen LogP contribution in [0.1, 0.15) is 27.0 Å². The number of para-hydroxylation sites is 1. The van der Waals surface area contributed by atoms with Gasteiger partial charge in [0, 0.05) is 30.3 Å². The van der Waals surface area contributed by atoms with Gasteiger partial charge in [-0.25, -0.2) is 4.99 Å². The van der Waals surface area contributed by atoms with E-state index in [4.69, 9.17) is 33.9 Å². The van der Waals surface area contributed by atoms with E-state index in [0.717, 1.165) is 11.1 Å². The number of rotatable bonds is 8. The number of fused-ring (bicyclic) bond motifs is 1. The fourth-order valence-electron chi connectivity index (χ4n) is 4.52. The van der Waals surface area contributed by atoms with Crippen LogP contribution < -0.4 is 16.0 Å². The van der Waals surface area contributed by atoms with Crippen LogP contribution >= 0.6 is 23.2 Å². The molecule has 202 valence electrons. The number of hydrogen-bond acceptors (Lipinski definition) is 5. The van der Waals surface area contributed by atoms with Crippen molar-refractivity contribution < 1.29 is 14.4 Å². The summed E-state index contributed by atoms with van der Waals surface area (Å²) in [6.45, 7) is 0.439. The van der Waals surface area contributed by atoms with Crippen LogP contribution in [0.5, 0.6) is 0 Å². The predicted molar refractivity (Wildman–Crippen MR) is 155 cm³/mol. The van der Waals surface area contributed by atoms with Crippen molar-refractivity contribution in [3.05, 3.63) is 99.0 Å². The van der Waals surface area contributed by atoms with Gasteiger partial charge in [0.2, 0.25) is 18.0 Å². The van der Waals surface area contributed by atoms with Gasteiger partial charge in [-0.2, -0.15) is 0 Å². The smallest absolute Gasteiger partial charge is 0.272 e. The van der Waals surface area contributed by atoms with Crippen LogP contribution in [0, 0.1) is 5.92 Å². The SMILES string of the molecule is CN(C)CC(Cc1ccc(Cl)c(Cl)c1)C(=O)NC1N=C(c2ccc(C(N)=O)cc2)c2ccccc2N(C)C1=O. The third-order valence-corrected chi connectivity index (χ3v) is 7.23. The lowest BCUT2D eigenvalue weighted by Crippen LogP contribution is -2.49. The molecule has 10 heteroatoms. The van der Waals surface area contributed by atoms with E-state index in [-0.39, 0.29) is 11.8 Å². The molecule has 0 saturated carbocycles. The number of benzodiazepines with no additional fused rings is 1. The summed E-state index contributed by atoms with van der Waals surface area (Å²) in [5.74, 6) is -1.73. The lowest BCUT2D eigenvalue weighted by molar-refractivity contribution is -0.130. The standard InChI is InChI=1S/C29H29Cl2N5O3/c1-35(2)16-20(14-17-8-13-22(30)23(31)15-17)28(38)34-27-29(39)36(3)24-7-5-4-6-21(24)25(33-27)18-9-11-19(12-10-18)26(32)37/h4-13,15,20,27H,14,16H2,1-3H3,(H2,32,37)(H,34,38). The van der Waals surface area contributed by atoms with E-state index in [0.29, 0.717) is 45.5 Å². The Hall–Kier alpha value is -3.72. The summed E-state index contributed by atoms with van der Waals surface area (Å²) in [4.78, 5) is 46.9. The molecule has 4 rings (SSSR count). The van der Waals surface area contributed by atoms with Crippen molar-refractivity contribution in [1.29, 1.82) is 0 Å². The molecule has 0 saturated heterocycles. The van der Waals surface area contributed by atoms with Gasteiger partial charge in [0.15, 0.2) is 0 Å². The van der Waals surface area contributed by atoms with E-state index in [9.17, 15) is 14.4 Å². The maximum Gasteiger partial charge on any atom is 0.272 e. The molecule has 0 spiro atoms. The molecule has 2 unspecified atom stereocenters. The molecular formula is C29H29Cl2N5O3. The fourth-order valence-corrected chi connectivity index (χ4v) is 4.84. The predicted octanol–water partition coefficient (Wildman–Crippen LogP) is 3.77. The highest BCUT2D eigenvalue weighted by atomic mass is 35.5. The number of amides is 3. The van der Waals surface area contributed by atoms with E-state index in [1.165, 1.54) is 4.90 Å². The van der Waals surface area contributed by atoms with Gasteiger partial charge in [-0.3, -0.25) is 14.4 Å². The van der Waals surface area contributed by atoms with E-state index < -0.39 is 18.0 Å². The summed E-state index contributed by atoms with van der Waals surface area (Å²) >= 11 is 12.3. The molecule has 0 aromatic heterocycles. The number of primary amides is 1. The zero-order valence-corrected chi connectivity index (χ0v) is 23.3. The van der Waals surface area contributed by atoms with E-state index >= 15 is 0 Å². The van der Waals surface area contributed by atoms with Crippen LogP contribution in [-0.4, -0.2) is 62.2 Å². The molecule has 1 heterocycles. The molecule has 3 amide bonds. The number of aliphatic imine (C=N–C) groups is 1. The highest BCUT2D eigenvalue weighted by Gasteiger charge is 2.33. The molecule has 0 aliphatic carbocycles. The molecule has 2 atom stereocenters. The number of halogens is 2. The van der Waals surface area contributed by atoms with Crippen molar-refractivity contribution in [2.24, 2.45) is 16.6 Å². The number of likely N-dealkylation sites (N-methyl/N-ethyl adjacent to an activating group) is 1. The number of anilines is 1. The zero-order chi connectivity index (χ0) is 28.3. The molecule has 0 bridgehead atoms. The number of carbonyl (C=O) groups excluding carboxylic acids is 3. The number of nitrogens with one attached hydrogen (secondary N) is 1. The van der Waals surface area contributed by atoms with Gasteiger partial charge in [-0.05, 0) is 56.4 Å². The Morgan fingerprint density at radius 1 is 1.05 bits per heavy atom. The molecular weight excluding hydrogens is 537 g/mol. The quantitative estimate of drug-likeness (QED) is 0.433. The zero-order valence-electron chi connectivity index (χ0n) is 21.8. The summed E-state index contributed by atoms with van der Waals surface area (Å²) in [6.07, 6.45) is -0.776. The van der Waals surface area contributed by atoms with Crippen molar-refractivity contribution >= 4 is 52.3 Å². The fraction of sp³-hybridized carbons (Fsp3) is 0.241. The van der Waals surface area contributed by atoms with E-state index in [1.807, 2.05) is 49.3 Å². The van der Waals surface area contributed by atoms with Crippen LogP contribution in [0.25, 0.3) is 0 Å². The summed E-state index contributed by atoms with van der Waals surface area (Å²) in [6, 6.07) is 19.3. The third kappa shape index (κ3) is 6.47. The van der Waals surface area contributed by atoms with Crippen molar-refractivity contribution in [2.75, 3.05) is 32.6 Å². The van der Waals surface area contributed by atoms with Gasteiger partial charge in [0.25, 0.3) is 5.91 Å². The molecule has 0 fully saturated rings. The minimum atomic E-state index is -1.17.